The topological polar surface area (TPSA) is 72.9 Å². The minimum Gasteiger partial charge on any atom is -0.397 e. The highest BCUT2D eigenvalue weighted by molar-refractivity contribution is 6.43. The van der Waals surface area contributed by atoms with Crippen LogP contribution >= 0.6 is 23.2 Å². The van der Waals surface area contributed by atoms with E-state index in [0.29, 0.717) is 12.1 Å². The Morgan fingerprint density at radius 2 is 2.21 bits per heavy atom. The SMILES string of the molecule is Cn1ccnc1CNC(=O)c1cc(N)c(Cl)c(Cl)c1. The normalized spacial score (nSPS) is 10.5. The summed E-state index contributed by atoms with van der Waals surface area (Å²) in [5.41, 5.74) is 6.30. The molecule has 100 valence electrons. The van der Waals surface area contributed by atoms with E-state index in [2.05, 4.69) is 10.3 Å². The molecule has 1 aromatic heterocycles. The fourth-order valence-electron chi connectivity index (χ4n) is 1.57. The van der Waals surface area contributed by atoms with Crippen LogP contribution in [-0.4, -0.2) is 15.5 Å². The van der Waals surface area contributed by atoms with Crippen molar-refractivity contribution in [3.8, 4) is 0 Å². The smallest absolute Gasteiger partial charge is 0.251 e. The van der Waals surface area contributed by atoms with Gasteiger partial charge in [0, 0.05) is 25.0 Å². The lowest BCUT2D eigenvalue weighted by Gasteiger charge is -2.08. The van der Waals surface area contributed by atoms with E-state index < -0.39 is 0 Å². The molecule has 0 saturated heterocycles. The summed E-state index contributed by atoms with van der Waals surface area (Å²) in [7, 11) is 1.85. The molecule has 0 unspecified atom stereocenters. The van der Waals surface area contributed by atoms with Crippen molar-refractivity contribution < 1.29 is 4.79 Å². The first-order chi connectivity index (χ1) is 8.99. The Hall–Kier alpha value is -1.72. The first-order valence-corrected chi connectivity index (χ1v) is 6.23. The summed E-state index contributed by atoms with van der Waals surface area (Å²) >= 11 is 11.7. The van der Waals surface area contributed by atoms with Gasteiger partial charge in [-0.2, -0.15) is 0 Å². The van der Waals surface area contributed by atoms with Gasteiger partial charge < -0.3 is 15.6 Å². The van der Waals surface area contributed by atoms with Crippen LogP contribution in [0.2, 0.25) is 10.0 Å². The number of rotatable bonds is 3. The van der Waals surface area contributed by atoms with Crippen molar-refractivity contribution >= 4 is 34.8 Å². The maximum atomic E-state index is 12.0. The summed E-state index contributed by atoms with van der Waals surface area (Å²) in [6.45, 7) is 0.322. The number of benzene rings is 1. The number of nitrogens with zero attached hydrogens (tertiary/aromatic N) is 2. The molecule has 3 N–H and O–H groups in total. The van der Waals surface area contributed by atoms with Gasteiger partial charge in [0.1, 0.15) is 5.82 Å². The van der Waals surface area contributed by atoms with Gasteiger partial charge in [-0.05, 0) is 12.1 Å². The van der Waals surface area contributed by atoms with Gasteiger partial charge in [0.25, 0.3) is 5.91 Å². The minimum atomic E-state index is -0.284. The second-order valence-corrected chi connectivity index (χ2v) is 4.78. The van der Waals surface area contributed by atoms with Crippen LogP contribution in [-0.2, 0) is 13.6 Å². The number of nitrogen functional groups attached to an aromatic ring is 1. The molecule has 0 fully saturated rings. The van der Waals surface area contributed by atoms with Crippen molar-refractivity contribution in [2.24, 2.45) is 7.05 Å². The number of aryl methyl sites for hydroxylation is 1. The van der Waals surface area contributed by atoms with Crippen molar-refractivity contribution in [3.63, 3.8) is 0 Å². The van der Waals surface area contributed by atoms with Gasteiger partial charge in [0.15, 0.2) is 0 Å². The second-order valence-electron chi connectivity index (χ2n) is 4.00. The van der Waals surface area contributed by atoms with Gasteiger partial charge >= 0.3 is 0 Å². The summed E-state index contributed by atoms with van der Waals surface area (Å²) in [5, 5.41) is 3.24. The zero-order valence-electron chi connectivity index (χ0n) is 10.2. The molecule has 0 saturated carbocycles. The maximum absolute atomic E-state index is 12.0. The molecule has 0 aliphatic carbocycles. The number of imidazole rings is 1. The van der Waals surface area contributed by atoms with Gasteiger partial charge in [-0.3, -0.25) is 4.79 Å². The Morgan fingerprint density at radius 1 is 1.47 bits per heavy atom. The fourth-order valence-corrected chi connectivity index (χ4v) is 1.91. The average Bonchev–Trinajstić information content (AvgIpc) is 2.78. The number of nitrogens with one attached hydrogen (secondary N) is 1. The number of nitrogens with two attached hydrogens (primary N) is 1. The van der Waals surface area contributed by atoms with E-state index in [9.17, 15) is 4.79 Å². The van der Waals surface area contributed by atoms with Crippen molar-refractivity contribution in [3.05, 3.63) is 46.0 Å². The lowest BCUT2D eigenvalue weighted by molar-refractivity contribution is 0.0949. The molecule has 0 spiro atoms. The molecule has 0 bridgehead atoms. The number of hydrogen-bond acceptors (Lipinski definition) is 3. The standard InChI is InChI=1S/C12H12Cl2N4O/c1-18-3-2-16-10(18)6-17-12(19)7-4-8(13)11(14)9(15)5-7/h2-5H,6,15H2,1H3,(H,17,19). The lowest BCUT2D eigenvalue weighted by Crippen LogP contribution is -2.24. The Labute approximate surface area is 120 Å². The lowest BCUT2D eigenvalue weighted by atomic mass is 10.2. The third kappa shape index (κ3) is 3.00. The highest BCUT2D eigenvalue weighted by Crippen LogP contribution is 2.29. The van der Waals surface area contributed by atoms with Crippen LogP contribution in [0.5, 0.6) is 0 Å². The van der Waals surface area contributed by atoms with E-state index in [1.54, 1.807) is 12.4 Å². The monoisotopic (exact) mass is 298 g/mol. The molecule has 1 aromatic carbocycles. The van der Waals surface area contributed by atoms with Crippen molar-refractivity contribution in [1.82, 2.24) is 14.9 Å². The average molecular weight is 299 g/mol. The maximum Gasteiger partial charge on any atom is 0.251 e. The summed E-state index contributed by atoms with van der Waals surface area (Å²) in [6, 6.07) is 2.97. The predicted molar refractivity (Wildman–Crippen MR) is 75.3 cm³/mol. The van der Waals surface area contributed by atoms with Gasteiger partial charge in [-0.25, -0.2) is 4.98 Å². The molecular formula is C12H12Cl2N4O. The highest BCUT2D eigenvalue weighted by Gasteiger charge is 2.11. The molecule has 0 radical (unpaired) electrons. The van der Waals surface area contributed by atoms with Crippen LogP contribution in [0.25, 0.3) is 0 Å². The van der Waals surface area contributed by atoms with E-state index in [1.165, 1.54) is 12.1 Å². The van der Waals surface area contributed by atoms with Crippen molar-refractivity contribution in [2.75, 3.05) is 5.73 Å². The van der Waals surface area contributed by atoms with Crippen LogP contribution in [0.15, 0.2) is 24.5 Å². The molecule has 7 heteroatoms. The summed E-state index contributed by atoms with van der Waals surface area (Å²) in [6.07, 6.45) is 3.47. The fraction of sp³-hybridized carbons (Fsp3) is 0.167. The van der Waals surface area contributed by atoms with Gasteiger partial charge in [-0.1, -0.05) is 23.2 Å². The van der Waals surface area contributed by atoms with E-state index in [4.69, 9.17) is 28.9 Å². The van der Waals surface area contributed by atoms with Crippen molar-refractivity contribution in [2.45, 2.75) is 6.54 Å². The van der Waals surface area contributed by atoms with E-state index in [-0.39, 0.29) is 21.6 Å². The van der Waals surface area contributed by atoms with E-state index in [1.807, 2.05) is 11.6 Å². The number of amides is 1. The third-order valence-corrected chi connectivity index (χ3v) is 3.46. The first kappa shape index (κ1) is 13.7. The number of aromatic nitrogens is 2. The molecule has 2 rings (SSSR count). The van der Waals surface area contributed by atoms with Crippen molar-refractivity contribution in [1.29, 1.82) is 0 Å². The molecule has 1 amide bonds. The Morgan fingerprint density at radius 3 is 2.79 bits per heavy atom. The molecular weight excluding hydrogens is 287 g/mol. The van der Waals surface area contributed by atoms with E-state index in [0.717, 1.165) is 5.82 Å². The first-order valence-electron chi connectivity index (χ1n) is 5.48. The molecule has 5 nitrogen and oxygen atoms in total. The van der Waals surface area contributed by atoms with Crippen LogP contribution in [0.1, 0.15) is 16.2 Å². The molecule has 1 heterocycles. The molecule has 19 heavy (non-hydrogen) atoms. The minimum absolute atomic E-state index is 0.252. The van der Waals surface area contributed by atoms with Crippen LogP contribution in [0, 0.1) is 0 Å². The zero-order chi connectivity index (χ0) is 14.0. The summed E-state index contributed by atoms with van der Waals surface area (Å²) < 4.78 is 1.82. The third-order valence-electron chi connectivity index (χ3n) is 2.65. The Kier molecular flexibility index (Phi) is 3.97. The quantitative estimate of drug-likeness (QED) is 0.854. The number of carbonyl (C=O) groups is 1. The highest BCUT2D eigenvalue weighted by atomic mass is 35.5. The zero-order valence-corrected chi connectivity index (χ0v) is 11.7. The van der Waals surface area contributed by atoms with Crippen LogP contribution in [0.3, 0.4) is 0 Å². The van der Waals surface area contributed by atoms with Gasteiger partial charge in [0.2, 0.25) is 0 Å². The summed E-state index contributed by atoms with van der Waals surface area (Å²) in [4.78, 5) is 16.1. The number of carbonyl (C=O) groups excluding carboxylic acids is 1. The summed E-state index contributed by atoms with van der Waals surface area (Å²) in [5.74, 6) is 0.467. The number of halogens is 2. The number of anilines is 1. The van der Waals surface area contributed by atoms with Gasteiger partial charge in [0.05, 0.1) is 22.3 Å². The Bertz CT molecular complexity index is 601. The predicted octanol–water partition coefficient (Wildman–Crippen LogP) is 2.24. The van der Waals surface area contributed by atoms with Crippen LogP contribution < -0.4 is 11.1 Å². The number of hydrogen-bond donors (Lipinski definition) is 2. The second kappa shape index (κ2) is 5.50. The van der Waals surface area contributed by atoms with E-state index >= 15 is 0 Å². The van der Waals surface area contributed by atoms with Crippen LogP contribution in [0.4, 0.5) is 5.69 Å². The molecule has 0 aliphatic rings. The van der Waals surface area contributed by atoms with Gasteiger partial charge in [-0.15, -0.1) is 0 Å². The molecule has 0 atom stereocenters. The molecule has 2 aromatic rings. The molecule has 0 aliphatic heterocycles. The Balaban J connectivity index is 2.10. The largest absolute Gasteiger partial charge is 0.397 e.